The van der Waals surface area contributed by atoms with Crippen LogP contribution in [0.3, 0.4) is 0 Å². The van der Waals surface area contributed by atoms with Gasteiger partial charge < -0.3 is 10.1 Å². The number of halogens is 4. The molecule has 0 spiro atoms. The molecule has 1 amide bonds. The Bertz CT molecular complexity index is 1080. The number of ether oxygens (including phenoxy) is 1. The predicted molar refractivity (Wildman–Crippen MR) is 112 cm³/mol. The molecule has 0 aliphatic rings. The number of fused-ring (bicyclic) bond motifs is 1. The molecule has 1 N–H and O–H groups in total. The Morgan fingerprint density at radius 1 is 1.00 bits per heavy atom. The van der Waals surface area contributed by atoms with Crippen LogP contribution < -0.4 is 5.32 Å². The Balaban J connectivity index is 1.71. The summed E-state index contributed by atoms with van der Waals surface area (Å²) < 4.78 is 5.09. The number of esters is 1. The molecule has 0 saturated heterocycles. The van der Waals surface area contributed by atoms with Crippen LogP contribution in [0.15, 0.2) is 36.4 Å². The number of benzene rings is 2. The molecule has 2 aromatic carbocycles. The van der Waals surface area contributed by atoms with Crippen LogP contribution in [0.5, 0.6) is 0 Å². The highest BCUT2D eigenvalue weighted by Gasteiger charge is 2.17. The van der Waals surface area contributed by atoms with E-state index in [0.29, 0.717) is 26.6 Å². The Labute approximate surface area is 180 Å². The van der Waals surface area contributed by atoms with E-state index in [1.807, 2.05) is 0 Å². The first-order valence-corrected chi connectivity index (χ1v) is 9.44. The molecule has 0 aliphatic heterocycles. The third kappa shape index (κ3) is 4.67. The molecule has 0 bridgehead atoms. The molecule has 5 nitrogen and oxygen atoms in total. The topological polar surface area (TPSA) is 68.3 Å². The molecule has 0 unspecified atom stereocenters. The van der Waals surface area contributed by atoms with Crippen molar-refractivity contribution in [2.45, 2.75) is 6.92 Å². The highest BCUT2D eigenvalue weighted by atomic mass is 35.5. The second kappa shape index (κ2) is 8.53. The number of nitrogens with zero attached hydrogens (tertiary/aromatic N) is 1. The summed E-state index contributed by atoms with van der Waals surface area (Å²) in [4.78, 5) is 28.8. The van der Waals surface area contributed by atoms with Crippen molar-refractivity contribution in [2.75, 3.05) is 11.9 Å². The maximum Gasteiger partial charge on any atom is 0.340 e. The molecule has 0 saturated carbocycles. The molecule has 3 aromatic rings. The average molecular weight is 458 g/mol. The Morgan fingerprint density at radius 3 is 2.36 bits per heavy atom. The minimum absolute atomic E-state index is 0.170. The first kappa shape index (κ1) is 20.7. The first-order chi connectivity index (χ1) is 13.2. The number of anilines is 1. The van der Waals surface area contributed by atoms with E-state index in [0.717, 1.165) is 0 Å². The van der Waals surface area contributed by atoms with Gasteiger partial charge in [-0.25, -0.2) is 4.79 Å². The van der Waals surface area contributed by atoms with Gasteiger partial charge >= 0.3 is 5.97 Å². The van der Waals surface area contributed by atoms with Crippen LogP contribution in [0.25, 0.3) is 10.9 Å². The summed E-state index contributed by atoms with van der Waals surface area (Å²) in [5.41, 5.74) is 1.60. The number of hydrogen-bond donors (Lipinski definition) is 1. The number of rotatable bonds is 4. The number of carbonyl (C=O) groups excluding carboxylic acids is 2. The molecular weight excluding hydrogens is 446 g/mol. The summed E-state index contributed by atoms with van der Waals surface area (Å²) in [5.74, 6) is -1.29. The van der Waals surface area contributed by atoms with E-state index >= 15 is 0 Å². The van der Waals surface area contributed by atoms with Gasteiger partial charge in [-0.2, -0.15) is 0 Å². The van der Waals surface area contributed by atoms with Crippen LogP contribution in [0.2, 0.25) is 20.1 Å². The van der Waals surface area contributed by atoms with Gasteiger partial charge in [-0.15, -0.1) is 0 Å². The predicted octanol–water partition coefficient (Wildman–Crippen LogP) is 5.95. The minimum atomic E-state index is -0.685. The van der Waals surface area contributed by atoms with E-state index in [2.05, 4.69) is 10.3 Å². The van der Waals surface area contributed by atoms with Crippen LogP contribution in [-0.2, 0) is 9.53 Å². The summed E-state index contributed by atoms with van der Waals surface area (Å²) in [6.07, 6.45) is 0. The second-order valence-electron chi connectivity index (χ2n) is 5.83. The average Bonchev–Trinajstić information content (AvgIpc) is 2.62. The lowest BCUT2D eigenvalue weighted by atomic mass is 10.1. The van der Waals surface area contributed by atoms with Crippen LogP contribution in [0.1, 0.15) is 16.1 Å². The van der Waals surface area contributed by atoms with Crippen molar-refractivity contribution in [3.63, 3.8) is 0 Å². The third-order valence-electron chi connectivity index (χ3n) is 3.79. The molecule has 3 rings (SSSR count). The van der Waals surface area contributed by atoms with Crippen molar-refractivity contribution >= 4 is 74.9 Å². The van der Waals surface area contributed by atoms with Crippen molar-refractivity contribution in [1.29, 1.82) is 0 Å². The number of hydrogen-bond acceptors (Lipinski definition) is 4. The van der Waals surface area contributed by atoms with Gasteiger partial charge in [0.2, 0.25) is 0 Å². The summed E-state index contributed by atoms with van der Waals surface area (Å²) in [6, 6.07) is 9.66. The van der Waals surface area contributed by atoms with E-state index in [1.54, 1.807) is 31.2 Å². The van der Waals surface area contributed by atoms with Crippen molar-refractivity contribution in [3.8, 4) is 0 Å². The lowest BCUT2D eigenvalue weighted by molar-refractivity contribution is -0.119. The normalized spacial score (nSPS) is 10.8. The number of aromatic nitrogens is 1. The summed E-state index contributed by atoms with van der Waals surface area (Å²) in [7, 11) is 0. The summed E-state index contributed by atoms with van der Waals surface area (Å²) in [6.45, 7) is 1.15. The van der Waals surface area contributed by atoms with Crippen molar-refractivity contribution in [3.05, 3.63) is 67.7 Å². The first-order valence-electron chi connectivity index (χ1n) is 7.93. The van der Waals surface area contributed by atoms with Gasteiger partial charge in [0.15, 0.2) is 6.61 Å². The molecular formula is C19H12Cl4N2O3. The second-order valence-corrected chi connectivity index (χ2v) is 7.51. The lowest BCUT2D eigenvalue weighted by Crippen LogP contribution is -2.21. The number of nitrogens with one attached hydrogen (secondary N) is 1. The molecule has 9 heteroatoms. The van der Waals surface area contributed by atoms with Gasteiger partial charge in [0, 0.05) is 15.4 Å². The molecule has 28 heavy (non-hydrogen) atoms. The molecule has 1 aromatic heterocycles. The minimum Gasteiger partial charge on any atom is -0.452 e. The molecule has 0 aliphatic carbocycles. The quantitative estimate of drug-likeness (QED) is 0.491. The Kier molecular flexibility index (Phi) is 6.30. The van der Waals surface area contributed by atoms with Gasteiger partial charge in [-0.3, -0.25) is 9.78 Å². The van der Waals surface area contributed by atoms with Gasteiger partial charge in [0.25, 0.3) is 5.91 Å². The van der Waals surface area contributed by atoms with Gasteiger partial charge in [-0.05, 0) is 43.3 Å². The fraction of sp³-hybridized carbons (Fsp3) is 0.105. The third-order valence-corrected chi connectivity index (χ3v) is 4.84. The van der Waals surface area contributed by atoms with E-state index in [9.17, 15) is 9.59 Å². The van der Waals surface area contributed by atoms with Crippen molar-refractivity contribution < 1.29 is 14.3 Å². The highest BCUT2D eigenvalue weighted by Crippen LogP contribution is 2.33. The highest BCUT2D eigenvalue weighted by molar-refractivity contribution is 6.42. The number of carbonyl (C=O) groups is 2. The lowest BCUT2D eigenvalue weighted by Gasteiger charge is -2.11. The number of aryl methyl sites for hydroxylation is 1. The van der Waals surface area contributed by atoms with E-state index < -0.39 is 18.5 Å². The Hall–Kier alpha value is -2.05. The zero-order valence-corrected chi connectivity index (χ0v) is 17.4. The Morgan fingerprint density at radius 2 is 1.68 bits per heavy atom. The molecule has 0 radical (unpaired) electrons. The molecule has 0 fully saturated rings. The van der Waals surface area contributed by atoms with Crippen LogP contribution >= 0.6 is 46.4 Å². The van der Waals surface area contributed by atoms with Gasteiger partial charge in [0.1, 0.15) is 0 Å². The molecule has 144 valence electrons. The van der Waals surface area contributed by atoms with Crippen LogP contribution in [0, 0.1) is 6.92 Å². The zero-order valence-electron chi connectivity index (χ0n) is 14.4. The summed E-state index contributed by atoms with van der Waals surface area (Å²) >= 11 is 23.8. The van der Waals surface area contributed by atoms with Crippen molar-refractivity contribution in [1.82, 2.24) is 4.98 Å². The fourth-order valence-electron chi connectivity index (χ4n) is 2.50. The summed E-state index contributed by atoms with van der Waals surface area (Å²) in [5, 5.41) is 4.38. The van der Waals surface area contributed by atoms with E-state index in [-0.39, 0.29) is 21.3 Å². The number of pyridine rings is 1. The van der Waals surface area contributed by atoms with Crippen LogP contribution in [0.4, 0.5) is 5.69 Å². The zero-order chi connectivity index (χ0) is 20.4. The smallest absolute Gasteiger partial charge is 0.340 e. The maximum absolute atomic E-state index is 12.4. The largest absolute Gasteiger partial charge is 0.452 e. The SMILES string of the molecule is Cc1nc2ccc(Cl)cc2cc1C(=O)OCC(=O)Nc1c(Cl)cc(Cl)cc1Cl. The maximum atomic E-state index is 12.4. The van der Waals surface area contributed by atoms with Gasteiger partial charge in [-0.1, -0.05) is 46.4 Å². The fourth-order valence-corrected chi connectivity index (χ4v) is 3.59. The van der Waals surface area contributed by atoms with Crippen LogP contribution in [-0.4, -0.2) is 23.5 Å². The van der Waals surface area contributed by atoms with Gasteiger partial charge in [0.05, 0.1) is 32.5 Å². The molecule has 1 heterocycles. The van der Waals surface area contributed by atoms with E-state index in [4.69, 9.17) is 51.1 Å². The van der Waals surface area contributed by atoms with Crippen molar-refractivity contribution in [2.24, 2.45) is 0 Å². The standard InChI is InChI=1S/C19H12Cl4N2O3/c1-9-13(5-10-4-11(20)2-3-16(10)24-9)19(27)28-8-17(26)25-18-14(22)6-12(21)7-15(18)23/h2-7H,8H2,1H3,(H,25,26). The molecule has 0 atom stereocenters. The van der Waals surface area contributed by atoms with E-state index in [1.165, 1.54) is 12.1 Å². The monoisotopic (exact) mass is 456 g/mol. The number of amides is 1.